The first-order valence-electron chi connectivity index (χ1n) is 9.20. The summed E-state index contributed by atoms with van der Waals surface area (Å²) in [6, 6.07) is 3.84. The largest absolute Gasteiger partial charge is 0.383 e. The third kappa shape index (κ3) is 3.22. The van der Waals surface area contributed by atoms with E-state index in [2.05, 4.69) is 15.7 Å². The molecule has 0 bridgehead atoms. The molecular weight excluding hydrogens is 365 g/mol. The minimum Gasteiger partial charge on any atom is -0.383 e. The Morgan fingerprint density at radius 1 is 1.36 bits per heavy atom. The van der Waals surface area contributed by atoms with Crippen LogP contribution >= 0.6 is 0 Å². The van der Waals surface area contributed by atoms with Gasteiger partial charge in [-0.05, 0) is 36.1 Å². The van der Waals surface area contributed by atoms with Crippen molar-refractivity contribution in [2.45, 2.75) is 31.5 Å². The van der Waals surface area contributed by atoms with E-state index in [-0.39, 0.29) is 24.8 Å². The minimum atomic E-state index is -1.21. The lowest BCUT2D eigenvalue weighted by Gasteiger charge is -2.25. The van der Waals surface area contributed by atoms with Crippen LogP contribution in [-0.2, 0) is 25.1 Å². The zero-order valence-corrected chi connectivity index (χ0v) is 15.5. The lowest BCUT2D eigenvalue weighted by molar-refractivity contribution is 0.0412. The van der Waals surface area contributed by atoms with E-state index < -0.39 is 11.6 Å². The van der Waals surface area contributed by atoms with Gasteiger partial charge in [0.2, 0.25) is 0 Å². The molecule has 1 aliphatic carbocycles. The molecule has 2 aromatic rings. The van der Waals surface area contributed by atoms with Gasteiger partial charge >= 0.3 is 6.03 Å². The Balaban J connectivity index is 1.36. The number of carbonyl (C=O) groups is 2. The molecule has 1 unspecified atom stereocenters. The number of benzene rings is 1. The van der Waals surface area contributed by atoms with Crippen LogP contribution in [0.25, 0.3) is 0 Å². The number of aromatic nitrogens is 2. The van der Waals surface area contributed by atoms with E-state index in [0.29, 0.717) is 42.8 Å². The highest BCUT2D eigenvalue weighted by molar-refractivity contribution is 5.94. The van der Waals surface area contributed by atoms with Gasteiger partial charge < -0.3 is 20.6 Å². The molecule has 0 saturated heterocycles. The molecule has 0 radical (unpaired) electrons. The van der Waals surface area contributed by atoms with Crippen molar-refractivity contribution in [3.63, 3.8) is 0 Å². The molecule has 1 aromatic heterocycles. The van der Waals surface area contributed by atoms with Gasteiger partial charge in [0.15, 0.2) is 0 Å². The molecule has 9 heteroatoms. The summed E-state index contributed by atoms with van der Waals surface area (Å²) < 4.78 is 15.0. The average molecular weight is 387 g/mol. The number of amides is 3. The second kappa shape index (κ2) is 6.90. The minimum absolute atomic E-state index is 0.0191. The Morgan fingerprint density at radius 3 is 3.00 bits per heavy atom. The number of aliphatic hydroxyl groups is 1. The Morgan fingerprint density at radius 2 is 2.18 bits per heavy atom. The predicted octanol–water partition coefficient (Wildman–Crippen LogP) is 0.741. The Hall–Kier alpha value is -2.94. The number of nitrogens with one attached hydrogen (secondary N) is 2. The van der Waals surface area contributed by atoms with E-state index in [9.17, 15) is 19.1 Å². The van der Waals surface area contributed by atoms with Gasteiger partial charge in [-0.2, -0.15) is 5.10 Å². The number of hydrogen-bond acceptors (Lipinski definition) is 4. The molecule has 0 saturated carbocycles. The Bertz CT molecular complexity index is 944. The van der Waals surface area contributed by atoms with Crippen LogP contribution in [-0.4, -0.2) is 51.9 Å². The maximum atomic E-state index is 13.3. The molecule has 8 nitrogen and oxygen atoms in total. The van der Waals surface area contributed by atoms with Crippen LogP contribution in [0.5, 0.6) is 0 Å². The molecule has 2 aliphatic rings. The van der Waals surface area contributed by atoms with Crippen molar-refractivity contribution in [3.05, 3.63) is 52.6 Å². The molecule has 2 heterocycles. The molecule has 1 aromatic carbocycles. The van der Waals surface area contributed by atoms with Gasteiger partial charge in [-0.3, -0.25) is 9.48 Å². The number of halogens is 1. The number of rotatable bonds is 4. The summed E-state index contributed by atoms with van der Waals surface area (Å²) in [4.78, 5) is 26.1. The lowest BCUT2D eigenvalue weighted by atomic mass is 9.96. The number of urea groups is 1. The Labute approximate surface area is 161 Å². The number of nitrogens with zero attached hydrogens (tertiary/aromatic N) is 3. The fourth-order valence-corrected chi connectivity index (χ4v) is 3.85. The quantitative estimate of drug-likeness (QED) is 0.721. The highest BCUT2D eigenvalue weighted by Gasteiger charge is 2.37. The number of fused-ring (bicyclic) bond motifs is 2. The summed E-state index contributed by atoms with van der Waals surface area (Å²) >= 11 is 0. The van der Waals surface area contributed by atoms with E-state index in [4.69, 9.17) is 0 Å². The number of aryl methyl sites for hydroxylation is 1. The number of likely N-dealkylation sites (N-methyl/N-ethyl adjacent to an activating group) is 1. The first-order valence-corrected chi connectivity index (χ1v) is 9.20. The molecule has 0 spiro atoms. The van der Waals surface area contributed by atoms with Crippen LogP contribution in [0.4, 0.5) is 9.18 Å². The first-order chi connectivity index (χ1) is 13.4. The second-order valence-electron chi connectivity index (χ2n) is 7.34. The molecule has 3 N–H and O–H groups in total. The standard InChI is InChI=1S/C19H22FN5O3/c1-24-6-7-25-16(17(24)26)13(10-23-25)9-21-18(27)22-11-19(28)5-4-12-8-14(20)2-3-15(12)19/h2-3,8,10,28H,4-7,9,11H2,1H3,(H2,21,22,27). The van der Waals surface area contributed by atoms with Gasteiger partial charge in [0, 0.05) is 25.7 Å². The normalized spacial score (nSPS) is 20.7. The fourth-order valence-electron chi connectivity index (χ4n) is 3.85. The van der Waals surface area contributed by atoms with Crippen LogP contribution in [0.1, 0.15) is 33.6 Å². The van der Waals surface area contributed by atoms with Crippen LogP contribution in [0.15, 0.2) is 24.4 Å². The molecule has 0 fully saturated rings. The van der Waals surface area contributed by atoms with E-state index >= 15 is 0 Å². The lowest BCUT2D eigenvalue weighted by Crippen LogP contribution is -2.44. The van der Waals surface area contributed by atoms with Crippen molar-refractivity contribution < 1.29 is 19.1 Å². The van der Waals surface area contributed by atoms with Crippen LogP contribution in [0.2, 0.25) is 0 Å². The average Bonchev–Trinajstić information content (AvgIpc) is 3.23. The molecule has 28 heavy (non-hydrogen) atoms. The van der Waals surface area contributed by atoms with Crippen molar-refractivity contribution in [3.8, 4) is 0 Å². The van der Waals surface area contributed by atoms with E-state index in [1.165, 1.54) is 12.1 Å². The predicted molar refractivity (Wildman–Crippen MR) is 98.0 cm³/mol. The summed E-state index contributed by atoms with van der Waals surface area (Å²) in [5.74, 6) is -0.455. The molecule has 1 atom stereocenters. The van der Waals surface area contributed by atoms with Crippen molar-refractivity contribution in [1.82, 2.24) is 25.3 Å². The maximum absolute atomic E-state index is 13.3. The van der Waals surface area contributed by atoms with Gasteiger partial charge in [0.05, 0.1) is 19.3 Å². The number of hydrogen-bond donors (Lipinski definition) is 3. The summed E-state index contributed by atoms with van der Waals surface area (Å²) in [5, 5.41) is 20.4. The molecule has 4 rings (SSSR count). The van der Waals surface area contributed by atoms with Gasteiger partial charge in [0.25, 0.3) is 5.91 Å². The molecule has 3 amide bonds. The van der Waals surface area contributed by atoms with E-state index in [0.717, 1.165) is 5.56 Å². The molecule has 148 valence electrons. The van der Waals surface area contributed by atoms with Crippen molar-refractivity contribution in [2.24, 2.45) is 0 Å². The zero-order chi connectivity index (χ0) is 19.9. The SMILES string of the molecule is CN1CCn2ncc(CNC(=O)NCC3(O)CCc4cc(F)ccc43)c2C1=O. The molecular formula is C19H22FN5O3. The summed E-state index contributed by atoms with van der Waals surface area (Å²) in [6.07, 6.45) is 2.57. The van der Waals surface area contributed by atoms with Crippen molar-refractivity contribution in [1.29, 1.82) is 0 Å². The molecule has 1 aliphatic heterocycles. The highest BCUT2D eigenvalue weighted by Crippen LogP contribution is 2.36. The fraction of sp³-hybridized carbons (Fsp3) is 0.421. The topological polar surface area (TPSA) is 99.5 Å². The number of carbonyl (C=O) groups excluding carboxylic acids is 2. The van der Waals surface area contributed by atoms with Gasteiger partial charge in [-0.15, -0.1) is 0 Å². The third-order valence-electron chi connectivity index (χ3n) is 5.47. The van der Waals surface area contributed by atoms with Crippen LogP contribution in [0, 0.1) is 5.82 Å². The van der Waals surface area contributed by atoms with Crippen LogP contribution in [0.3, 0.4) is 0 Å². The maximum Gasteiger partial charge on any atom is 0.315 e. The zero-order valence-electron chi connectivity index (χ0n) is 15.5. The van der Waals surface area contributed by atoms with Crippen molar-refractivity contribution in [2.75, 3.05) is 20.1 Å². The smallest absolute Gasteiger partial charge is 0.315 e. The Kier molecular flexibility index (Phi) is 4.54. The highest BCUT2D eigenvalue weighted by atomic mass is 19.1. The van der Waals surface area contributed by atoms with Gasteiger partial charge in [0.1, 0.15) is 17.1 Å². The van der Waals surface area contributed by atoms with Gasteiger partial charge in [-0.25, -0.2) is 9.18 Å². The van der Waals surface area contributed by atoms with E-state index in [1.807, 2.05) is 0 Å². The third-order valence-corrected chi connectivity index (χ3v) is 5.47. The summed E-state index contributed by atoms with van der Waals surface area (Å²) in [7, 11) is 1.73. The van der Waals surface area contributed by atoms with E-state index in [1.54, 1.807) is 28.9 Å². The summed E-state index contributed by atoms with van der Waals surface area (Å²) in [6.45, 7) is 1.40. The first kappa shape index (κ1) is 18.4. The second-order valence-corrected chi connectivity index (χ2v) is 7.34. The van der Waals surface area contributed by atoms with Gasteiger partial charge in [-0.1, -0.05) is 6.07 Å². The summed E-state index contributed by atoms with van der Waals surface area (Å²) in [5.41, 5.74) is 1.33. The van der Waals surface area contributed by atoms with Crippen molar-refractivity contribution >= 4 is 11.9 Å². The monoisotopic (exact) mass is 387 g/mol. The van der Waals surface area contributed by atoms with Crippen LogP contribution < -0.4 is 10.6 Å².